The Hall–Kier alpha value is -1.33. The van der Waals surface area contributed by atoms with Crippen LogP contribution < -0.4 is 0 Å². The Morgan fingerprint density at radius 1 is 1.18 bits per heavy atom. The fraction of sp³-hybridized carbons (Fsp3) is 0.706. The molecule has 0 spiro atoms. The summed E-state index contributed by atoms with van der Waals surface area (Å²) in [6.07, 6.45) is 7.32. The third-order valence-corrected chi connectivity index (χ3v) is 5.10. The van der Waals surface area contributed by atoms with E-state index >= 15 is 0 Å². The number of likely N-dealkylation sites (N-methyl/N-ethyl adjacent to an activating group) is 1. The molecule has 0 amide bonds. The number of allylic oxidation sites excluding steroid dienone is 1. The van der Waals surface area contributed by atoms with E-state index in [1.807, 2.05) is 0 Å². The highest BCUT2D eigenvalue weighted by Crippen LogP contribution is 2.29. The Bertz CT molecular complexity index is 472. The molecule has 0 aromatic heterocycles. The highest BCUT2D eigenvalue weighted by Gasteiger charge is 2.27. The summed E-state index contributed by atoms with van der Waals surface area (Å²) >= 11 is 0. The average molecular weight is 305 g/mol. The summed E-state index contributed by atoms with van der Waals surface area (Å²) in [5.41, 5.74) is 1.57. The van der Waals surface area contributed by atoms with Crippen molar-refractivity contribution >= 4 is 5.97 Å². The number of likely N-dealkylation sites (tertiary alicyclic amines) is 1. The summed E-state index contributed by atoms with van der Waals surface area (Å²) < 4.78 is 0. The van der Waals surface area contributed by atoms with E-state index < -0.39 is 5.97 Å². The average Bonchev–Trinajstić information content (AvgIpc) is 3.03. The van der Waals surface area contributed by atoms with Gasteiger partial charge in [-0.1, -0.05) is 6.08 Å². The number of hydrogen-bond donors (Lipinski definition) is 1. The third-order valence-electron chi connectivity index (χ3n) is 5.10. The molecule has 0 bridgehead atoms. The second kappa shape index (κ2) is 6.84. The zero-order valence-electron chi connectivity index (χ0n) is 13.5. The summed E-state index contributed by atoms with van der Waals surface area (Å²) in [7, 11) is 2.16. The Morgan fingerprint density at radius 3 is 2.50 bits per heavy atom. The van der Waals surface area contributed by atoms with Crippen LogP contribution in [0, 0.1) is 5.92 Å². The fourth-order valence-electron chi connectivity index (χ4n) is 3.70. The molecule has 0 aromatic rings. The molecule has 2 saturated heterocycles. The van der Waals surface area contributed by atoms with Gasteiger partial charge in [-0.3, -0.25) is 0 Å². The van der Waals surface area contributed by atoms with Gasteiger partial charge in [0, 0.05) is 51.5 Å². The third kappa shape index (κ3) is 3.52. The van der Waals surface area contributed by atoms with Crippen LogP contribution in [0.5, 0.6) is 0 Å². The first-order chi connectivity index (χ1) is 10.6. The van der Waals surface area contributed by atoms with Crippen LogP contribution in [-0.2, 0) is 4.79 Å². The van der Waals surface area contributed by atoms with Crippen LogP contribution in [0.4, 0.5) is 0 Å². The van der Waals surface area contributed by atoms with Crippen molar-refractivity contribution < 1.29 is 9.90 Å². The van der Waals surface area contributed by atoms with Gasteiger partial charge in [0.2, 0.25) is 0 Å². The Balaban J connectivity index is 1.63. The molecule has 2 heterocycles. The van der Waals surface area contributed by atoms with Crippen LogP contribution in [0.3, 0.4) is 0 Å². The molecular weight excluding hydrogens is 278 g/mol. The lowest BCUT2D eigenvalue weighted by molar-refractivity contribution is -0.133. The van der Waals surface area contributed by atoms with Crippen LogP contribution in [0.25, 0.3) is 0 Å². The van der Waals surface area contributed by atoms with Gasteiger partial charge in [0.15, 0.2) is 0 Å². The summed E-state index contributed by atoms with van der Waals surface area (Å²) in [6, 6.07) is 0. The normalized spacial score (nSPS) is 27.7. The van der Waals surface area contributed by atoms with Crippen molar-refractivity contribution in [1.29, 1.82) is 0 Å². The number of piperazine rings is 1. The van der Waals surface area contributed by atoms with Crippen molar-refractivity contribution in [3.8, 4) is 0 Å². The van der Waals surface area contributed by atoms with Gasteiger partial charge in [0.1, 0.15) is 0 Å². The predicted molar refractivity (Wildman–Crippen MR) is 86.7 cm³/mol. The van der Waals surface area contributed by atoms with Crippen molar-refractivity contribution in [3.63, 3.8) is 0 Å². The standard InChI is InChI=1S/C17H27N3O2/c1-18-8-10-19(11-9-18)13-14-4-5-16(15(12-14)17(21)22)20-6-2-3-7-20/h4-5,14H,2-3,6-13H2,1H3,(H,21,22). The van der Waals surface area contributed by atoms with Crippen LogP contribution in [-0.4, -0.2) is 78.6 Å². The molecule has 2 aliphatic heterocycles. The Morgan fingerprint density at radius 2 is 1.86 bits per heavy atom. The molecule has 1 N–H and O–H groups in total. The highest BCUT2D eigenvalue weighted by molar-refractivity contribution is 5.88. The SMILES string of the molecule is CN1CCN(CC2C=CC(N3CCCC3)=C(C(=O)O)C2)CC1. The first-order valence-electron chi connectivity index (χ1n) is 8.44. The van der Waals surface area contributed by atoms with Gasteiger partial charge in [-0.25, -0.2) is 4.79 Å². The van der Waals surface area contributed by atoms with Crippen LogP contribution in [0.2, 0.25) is 0 Å². The summed E-state index contributed by atoms with van der Waals surface area (Å²) in [6.45, 7) is 7.37. The molecule has 2 fully saturated rings. The molecule has 0 radical (unpaired) electrons. The van der Waals surface area contributed by atoms with Gasteiger partial charge >= 0.3 is 5.97 Å². The van der Waals surface area contributed by atoms with Crippen molar-refractivity contribution in [3.05, 3.63) is 23.4 Å². The smallest absolute Gasteiger partial charge is 0.333 e. The molecule has 1 atom stereocenters. The van der Waals surface area contributed by atoms with E-state index in [2.05, 4.69) is 33.9 Å². The first kappa shape index (κ1) is 15.6. The van der Waals surface area contributed by atoms with Gasteiger partial charge < -0.3 is 19.8 Å². The molecule has 3 aliphatic rings. The monoisotopic (exact) mass is 305 g/mol. The van der Waals surface area contributed by atoms with E-state index in [1.54, 1.807) is 0 Å². The van der Waals surface area contributed by atoms with Crippen LogP contribution >= 0.6 is 0 Å². The summed E-state index contributed by atoms with van der Waals surface area (Å²) in [5, 5.41) is 9.59. The minimum absolute atomic E-state index is 0.334. The van der Waals surface area contributed by atoms with E-state index in [0.29, 0.717) is 17.9 Å². The molecule has 5 heteroatoms. The van der Waals surface area contributed by atoms with Crippen LogP contribution in [0.15, 0.2) is 23.4 Å². The maximum Gasteiger partial charge on any atom is 0.333 e. The van der Waals surface area contributed by atoms with E-state index in [1.165, 1.54) is 12.8 Å². The lowest BCUT2D eigenvalue weighted by Gasteiger charge is -2.35. The maximum atomic E-state index is 11.7. The number of carboxylic acid groups (broad SMARTS) is 1. The van der Waals surface area contributed by atoms with Crippen molar-refractivity contribution in [2.24, 2.45) is 5.92 Å². The van der Waals surface area contributed by atoms with Gasteiger partial charge in [0.05, 0.1) is 5.57 Å². The largest absolute Gasteiger partial charge is 0.478 e. The molecule has 1 aliphatic carbocycles. The lowest BCUT2D eigenvalue weighted by Crippen LogP contribution is -2.46. The highest BCUT2D eigenvalue weighted by atomic mass is 16.4. The second-order valence-corrected chi connectivity index (χ2v) is 6.79. The van der Waals surface area contributed by atoms with E-state index in [0.717, 1.165) is 51.5 Å². The molecule has 1 unspecified atom stereocenters. The zero-order valence-corrected chi connectivity index (χ0v) is 13.5. The molecular formula is C17H27N3O2. The summed E-state index contributed by atoms with van der Waals surface area (Å²) in [5.74, 6) is -0.407. The predicted octanol–water partition coefficient (Wildman–Crippen LogP) is 1.24. The fourth-order valence-corrected chi connectivity index (χ4v) is 3.70. The van der Waals surface area contributed by atoms with E-state index in [-0.39, 0.29) is 0 Å². The molecule has 0 aromatic carbocycles. The van der Waals surface area contributed by atoms with Gasteiger partial charge in [-0.15, -0.1) is 0 Å². The second-order valence-electron chi connectivity index (χ2n) is 6.79. The number of rotatable bonds is 4. The number of nitrogens with zero attached hydrogens (tertiary/aromatic N) is 3. The molecule has 3 rings (SSSR count). The number of aliphatic carboxylic acids is 1. The van der Waals surface area contributed by atoms with E-state index in [4.69, 9.17) is 0 Å². The van der Waals surface area contributed by atoms with Crippen LogP contribution in [0.1, 0.15) is 19.3 Å². The molecule has 0 saturated carbocycles. The number of carboxylic acids is 1. The van der Waals surface area contributed by atoms with E-state index in [9.17, 15) is 9.90 Å². The van der Waals surface area contributed by atoms with Gasteiger partial charge in [-0.05, 0) is 38.3 Å². The van der Waals surface area contributed by atoms with Gasteiger partial charge in [-0.2, -0.15) is 0 Å². The molecule has 5 nitrogen and oxygen atoms in total. The minimum Gasteiger partial charge on any atom is -0.478 e. The number of carbonyl (C=O) groups is 1. The quantitative estimate of drug-likeness (QED) is 0.847. The Labute approximate surface area is 132 Å². The van der Waals surface area contributed by atoms with Crippen molar-refractivity contribution in [2.75, 3.05) is 52.9 Å². The topological polar surface area (TPSA) is 47.0 Å². The maximum absolute atomic E-state index is 11.7. The summed E-state index contributed by atoms with van der Waals surface area (Å²) in [4.78, 5) is 18.7. The Kier molecular flexibility index (Phi) is 4.84. The first-order valence-corrected chi connectivity index (χ1v) is 8.44. The van der Waals surface area contributed by atoms with Gasteiger partial charge in [0.25, 0.3) is 0 Å². The lowest BCUT2D eigenvalue weighted by atomic mass is 9.91. The molecule has 122 valence electrons. The van der Waals surface area contributed by atoms with Crippen molar-refractivity contribution in [1.82, 2.24) is 14.7 Å². The van der Waals surface area contributed by atoms with Crippen molar-refractivity contribution in [2.45, 2.75) is 19.3 Å². The zero-order chi connectivity index (χ0) is 15.5. The minimum atomic E-state index is -0.741. The number of hydrogen-bond acceptors (Lipinski definition) is 4. The molecule has 22 heavy (non-hydrogen) atoms.